The summed E-state index contributed by atoms with van der Waals surface area (Å²) in [5, 5.41) is 5.45. The minimum Gasteiger partial charge on any atom is -0.493 e. The van der Waals surface area contributed by atoms with Crippen LogP contribution in [0.25, 0.3) is 0 Å². The van der Waals surface area contributed by atoms with Gasteiger partial charge in [0.15, 0.2) is 11.5 Å². The molecule has 0 aliphatic rings. The number of benzene rings is 3. The molecule has 0 aliphatic heterocycles. The summed E-state index contributed by atoms with van der Waals surface area (Å²) in [6.07, 6.45) is 0.908. The largest absolute Gasteiger partial charge is 0.493 e. The molecule has 3 nitrogen and oxygen atoms in total. The molecule has 1 N–H and O–H groups in total. The first-order chi connectivity index (χ1) is 14.1. The quantitative estimate of drug-likeness (QED) is 0.374. The third kappa shape index (κ3) is 6.28. The van der Waals surface area contributed by atoms with Crippen LogP contribution in [0.15, 0.2) is 60.7 Å². The predicted octanol–water partition coefficient (Wildman–Crippen LogP) is 6.57. The molecule has 0 spiro atoms. The lowest BCUT2D eigenvalue weighted by molar-refractivity contribution is 0.284. The smallest absolute Gasteiger partial charge is 0.163 e. The molecule has 0 heterocycles. The number of hydrogen-bond donors (Lipinski definition) is 1. The van der Waals surface area contributed by atoms with Crippen LogP contribution in [0.4, 0.5) is 0 Å². The number of hydrogen-bond acceptors (Lipinski definition) is 3. The van der Waals surface area contributed by atoms with Crippen molar-refractivity contribution in [2.75, 3.05) is 13.7 Å². The maximum absolute atomic E-state index is 6.47. The van der Waals surface area contributed by atoms with Crippen LogP contribution in [0.5, 0.6) is 11.5 Å². The van der Waals surface area contributed by atoms with Gasteiger partial charge in [-0.05, 0) is 48.4 Å². The van der Waals surface area contributed by atoms with E-state index >= 15 is 0 Å². The highest BCUT2D eigenvalue weighted by Crippen LogP contribution is 2.34. The Morgan fingerprint density at radius 1 is 0.828 bits per heavy atom. The van der Waals surface area contributed by atoms with Gasteiger partial charge in [-0.3, -0.25) is 0 Å². The summed E-state index contributed by atoms with van der Waals surface area (Å²) in [7, 11) is 1.61. The first-order valence-electron chi connectivity index (χ1n) is 9.24. The molecule has 0 saturated carbocycles. The van der Waals surface area contributed by atoms with Crippen LogP contribution in [-0.4, -0.2) is 13.7 Å². The van der Waals surface area contributed by atoms with Gasteiger partial charge < -0.3 is 14.8 Å². The molecule has 0 fully saturated rings. The van der Waals surface area contributed by atoms with Crippen molar-refractivity contribution in [3.05, 3.63) is 92.4 Å². The van der Waals surface area contributed by atoms with Crippen molar-refractivity contribution in [2.45, 2.75) is 19.6 Å². The van der Waals surface area contributed by atoms with Crippen molar-refractivity contribution in [3.8, 4) is 11.5 Å². The van der Waals surface area contributed by atoms with Gasteiger partial charge in [0.25, 0.3) is 0 Å². The van der Waals surface area contributed by atoms with E-state index in [0.717, 1.165) is 29.1 Å². The third-order valence-electron chi connectivity index (χ3n) is 4.49. The highest BCUT2D eigenvalue weighted by Gasteiger charge is 2.11. The maximum atomic E-state index is 6.47. The second-order valence-corrected chi connectivity index (χ2v) is 7.78. The van der Waals surface area contributed by atoms with Crippen LogP contribution in [-0.2, 0) is 19.6 Å². The van der Waals surface area contributed by atoms with E-state index in [-0.39, 0.29) is 0 Å². The second kappa shape index (κ2) is 10.7. The number of halogens is 3. The summed E-state index contributed by atoms with van der Waals surface area (Å²) in [6, 6.07) is 19.1. The molecule has 152 valence electrons. The maximum Gasteiger partial charge on any atom is 0.163 e. The Morgan fingerprint density at radius 2 is 1.59 bits per heavy atom. The number of methoxy groups -OCH3 is 1. The van der Waals surface area contributed by atoms with E-state index in [1.54, 1.807) is 13.2 Å². The van der Waals surface area contributed by atoms with E-state index in [1.807, 2.05) is 54.6 Å². The summed E-state index contributed by atoms with van der Waals surface area (Å²) in [4.78, 5) is 0. The Balaban J connectivity index is 1.58. The van der Waals surface area contributed by atoms with Crippen molar-refractivity contribution in [1.82, 2.24) is 5.32 Å². The zero-order chi connectivity index (χ0) is 20.6. The average Bonchev–Trinajstić information content (AvgIpc) is 2.73. The zero-order valence-electron chi connectivity index (χ0n) is 16.1. The third-order valence-corrected chi connectivity index (χ3v) is 5.47. The molecule has 29 heavy (non-hydrogen) atoms. The molecule has 3 aromatic rings. The average molecular weight is 451 g/mol. The molecule has 3 aromatic carbocycles. The number of nitrogens with one attached hydrogen (secondary N) is 1. The highest BCUT2D eigenvalue weighted by molar-refractivity contribution is 6.32. The molecule has 0 unspecified atom stereocenters. The predicted molar refractivity (Wildman–Crippen MR) is 121 cm³/mol. The lowest BCUT2D eigenvalue weighted by Gasteiger charge is -2.15. The van der Waals surface area contributed by atoms with Crippen LogP contribution in [0.2, 0.25) is 15.1 Å². The minimum absolute atomic E-state index is 0.338. The van der Waals surface area contributed by atoms with Gasteiger partial charge in [-0.1, -0.05) is 65.1 Å². The Kier molecular flexibility index (Phi) is 8.08. The fourth-order valence-corrected chi connectivity index (χ4v) is 3.40. The molecule has 0 saturated heterocycles. The number of ether oxygens (including phenoxy) is 2. The van der Waals surface area contributed by atoms with Gasteiger partial charge in [-0.2, -0.15) is 0 Å². The van der Waals surface area contributed by atoms with Gasteiger partial charge in [0.2, 0.25) is 0 Å². The van der Waals surface area contributed by atoms with Crippen molar-refractivity contribution in [1.29, 1.82) is 0 Å². The van der Waals surface area contributed by atoms with Gasteiger partial charge in [0.05, 0.1) is 7.11 Å². The zero-order valence-corrected chi connectivity index (χ0v) is 18.3. The molecule has 0 bridgehead atoms. The first kappa shape index (κ1) is 21.8. The van der Waals surface area contributed by atoms with E-state index in [1.165, 1.54) is 5.56 Å². The highest BCUT2D eigenvalue weighted by atomic mass is 35.5. The topological polar surface area (TPSA) is 30.5 Å². The van der Waals surface area contributed by atoms with E-state index < -0.39 is 0 Å². The van der Waals surface area contributed by atoms with Crippen molar-refractivity contribution < 1.29 is 9.47 Å². The normalized spacial score (nSPS) is 10.8. The van der Waals surface area contributed by atoms with Crippen LogP contribution in [0, 0.1) is 0 Å². The second-order valence-electron chi connectivity index (χ2n) is 6.53. The summed E-state index contributed by atoms with van der Waals surface area (Å²) < 4.78 is 11.4. The Labute approximate surface area is 186 Å². The minimum atomic E-state index is 0.338. The molecule has 3 rings (SSSR count). The lowest BCUT2D eigenvalue weighted by Crippen LogP contribution is -2.17. The molecule has 0 atom stereocenters. The van der Waals surface area contributed by atoms with Gasteiger partial charge in [-0.15, -0.1) is 0 Å². The van der Waals surface area contributed by atoms with Crippen LogP contribution in [0.1, 0.15) is 16.7 Å². The van der Waals surface area contributed by atoms with E-state index in [2.05, 4.69) is 5.32 Å². The van der Waals surface area contributed by atoms with E-state index in [0.29, 0.717) is 34.7 Å². The molecule has 0 aromatic heterocycles. The Hall–Kier alpha value is -1.91. The molecular formula is C23H22Cl3NO2. The molecule has 0 amide bonds. The van der Waals surface area contributed by atoms with Crippen LogP contribution in [0.3, 0.4) is 0 Å². The van der Waals surface area contributed by atoms with E-state index in [9.17, 15) is 0 Å². The van der Waals surface area contributed by atoms with Crippen molar-refractivity contribution in [3.63, 3.8) is 0 Å². The molecule has 6 heteroatoms. The van der Waals surface area contributed by atoms with Crippen molar-refractivity contribution >= 4 is 34.8 Å². The van der Waals surface area contributed by atoms with Gasteiger partial charge in [0, 0.05) is 33.2 Å². The molecule has 0 aliphatic carbocycles. The SMILES string of the molecule is COc1cc(CNCCc2ccc(Cl)cc2)c(Cl)cc1OCc1ccccc1Cl. The summed E-state index contributed by atoms with van der Waals surface area (Å²) >= 11 is 18.6. The van der Waals surface area contributed by atoms with Crippen molar-refractivity contribution in [2.24, 2.45) is 0 Å². The summed E-state index contributed by atoms with van der Waals surface area (Å²) in [6.45, 7) is 1.80. The Bertz CT molecular complexity index is 945. The van der Waals surface area contributed by atoms with Crippen LogP contribution < -0.4 is 14.8 Å². The summed E-state index contributed by atoms with van der Waals surface area (Å²) in [5.74, 6) is 1.22. The fraction of sp³-hybridized carbons (Fsp3) is 0.217. The monoisotopic (exact) mass is 449 g/mol. The standard InChI is InChI=1S/C23H22Cl3NO2/c1-28-22-12-18(14-27-11-10-16-6-8-19(24)9-7-16)21(26)13-23(22)29-15-17-4-2-3-5-20(17)25/h2-9,12-13,27H,10-11,14-15H2,1H3. The van der Waals surface area contributed by atoms with Gasteiger partial charge >= 0.3 is 0 Å². The first-order valence-corrected chi connectivity index (χ1v) is 10.4. The summed E-state index contributed by atoms with van der Waals surface area (Å²) in [5.41, 5.74) is 3.08. The fourth-order valence-electron chi connectivity index (χ4n) is 2.86. The molecule has 0 radical (unpaired) electrons. The number of rotatable bonds is 9. The Morgan fingerprint density at radius 3 is 2.31 bits per heavy atom. The lowest BCUT2D eigenvalue weighted by atomic mass is 10.1. The molecular weight excluding hydrogens is 429 g/mol. The van der Waals surface area contributed by atoms with Gasteiger partial charge in [0.1, 0.15) is 6.61 Å². The van der Waals surface area contributed by atoms with E-state index in [4.69, 9.17) is 44.3 Å². The van der Waals surface area contributed by atoms with Gasteiger partial charge in [-0.25, -0.2) is 0 Å². The van der Waals surface area contributed by atoms with Crippen LogP contribution >= 0.6 is 34.8 Å².